The maximum atomic E-state index is 12.2. The lowest BCUT2D eigenvalue weighted by molar-refractivity contribution is -0.118. The third kappa shape index (κ3) is 4.13. The number of amides is 1. The SMILES string of the molecule is Cc1ccccc1OCC(=O)Nc1ccc(-c2nc3cc(Cl)ccc3s2)s1. The van der Waals surface area contributed by atoms with Crippen LogP contribution in [-0.4, -0.2) is 17.5 Å². The van der Waals surface area contributed by atoms with Crippen LogP contribution in [0, 0.1) is 6.92 Å². The van der Waals surface area contributed by atoms with Crippen LogP contribution in [0.2, 0.25) is 5.02 Å². The van der Waals surface area contributed by atoms with Crippen LogP contribution in [0.15, 0.2) is 54.6 Å². The first-order valence-electron chi connectivity index (χ1n) is 8.23. The van der Waals surface area contributed by atoms with E-state index in [0.29, 0.717) is 10.8 Å². The van der Waals surface area contributed by atoms with Crippen LogP contribution in [-0.2, 0) is 4.79 Å². The summed E-state index contributed by atoms with van der Waals surface area (Å²) >= 11 is 9.12. The molecule has 1 amide bonds. The molecule has 27 heavy (non-hydrogen) atoms. The van der Waals surface area contributed by atoms with Crippen molar-refractivity contribution in [2.75, 3.05) is 11.9 Å². The van der Waals surface area contributed by atoms with Gasteiger partial charge < -0.3 is 10.1 Å². The number of thiophene rings is 1. The third-order valence-electron chi connectivity index (χ3n) is 3.88. The van der Waals surface area contributed by atoms with Crippen molar-refractivity contribution in [3.8, 4) is 15.6 Å². The zero-order valence-corrected chi connectivity index (χ0v) is 16.8. The molecule has 0 spiro atoms. The summed E-state index contributed by atoms with van der Waals surface area (Å²) in [5, 5.41) is 5.22. The van der Waals surface area contributed by atoms with E-state index in [1.54, 1.807) is 11.3 Å². The van der Waals surface area contributed by atoms with Gasteiger partial charge in [0, 0.05) is 5.02 Å². The Labute approximate surface area is 169 Å². The number of hydrogen-bond donors (Lipinski definition) is 1. The van der Waals surface area contributed by atoms with Crippen molar-refractivity contribution < 1.29 is 9.53 Å². The summed E-state index contributed by atoms with van der Waals surface area (Å²) < 4.78 is 6.67. The Bertz CT molecular complexity index is 1120. The second-order valence-electron chi connectivity index (χ2n) is 5.90. The second kappa shape index (κ2) is 7.68. The molecule has 0 aliphatic carbocycles. The van der Waals surface area contributed by atoms with Crippen LogP contribution in [0.4, 0.5) is 5.00 Å². The van der Waals surface area contributed by atoms with Gasteiger partial charge in [-0.25, -0.2) is 4.98 Å². The first kappa shape index (κ1) is 18.0. The number of aromatic nitrogens is 1. The third-order valence-corrected chi connectivity index (χ3v) is 6.32. The van der Waals surface area contributed by atoms with Crippen molar-refractivity contribution in [2.45, 2.75) is 6.92 Å². The van der Waals surface area contributed by atoms with Crippen LogP contribution in [0.1, 0.15) is 5.56 Å². The minimum absolute atomic E-state index is 0.0300. The van der Waals surface area contributed by atoms with Gasteiger partial charge in [0.1, 0.15) is 10.8 Å². The molecule has 2 heterocycles. The van der Waals surface area contributed by atoms with Gasteiger partial charge in [0.15, 0.2) is 6.61 Å². The van der Waals surface area contributed by atoms with E-state index in [0.717, 1.165) is 30.7 Å². The lowest BCUT2D eigenvalue weighted by atomic mass is 10.2. The molecule has 0 saturated carbocycles. The van der Waals surface area contributed by atoms with Crippen LogP contribution >= 0.6 is 34.3 Å². The maximum Gasteiger partial charge on any atom is 0.262 e. The van der Waals surface area contributed by atoms with E-state index in [2.05, 4.69) is 10.3 Å². The van der Waals surface area contributed by atoms with Gasteiger partial charge in [-0.15, -0.1) is 22.7 Å². The van der Waals surface area contributed by atoms with Gasteiger partial charge >= 0.3 is 0 Å². The fourth-order valence-corrected chi connectivity index (χ4v) is 4.65. The smallest absolute Gasteiger partial charge is 0.262 e. The molecule has 0 radical (unpaired) electrons. The molecule has 0 aliphatic rings. The predicted octanol–water partition coefficient (Wildman–Crippen LogP) is 6.00. The number of thiazole rings is 1. The summed E-state index contributed by atoms with van der Waals surface area (Å²) in [6.45, 7) is 1.92. The molecule has 2 aromatic heterocycles. The van der Waals surface area contributed by atoms with Gasteiger partial charge in [0.05, 0.1) is 20.1 Å². The standard InChI is InChI=1S/C20H15ClN2O2S2/c1-12-4-2-3-5-15(12)25-11-18(24)23-19-9-8-17(26-19)20-22-14-10-13(21)6-7-16(14)27-20/h2-10H,11H2,1H3,(H,23,24). The van der Waals surface area contributed by atoms with Crippen LogP contribution in [0.25, 0.3) is 20.1 Å². The number of nitrogens with zero attached hydrogens (tertiary/aromatic N) is 1. The summed E-state index contributed by atoms with van der Waals surface area (Å²) in [4.78, 5) is 17.8. The minimum atomic E-state index is -0.192. The van der Waals surface area contributed by atoms with Crippen molar-refractivity contribution in [2.24, 2.45) is 0 Å². The summed E-state index contributed by atoms with van der Waals surface area (Å²) in [6.07, 6.45) is 0. The quantitative estimate of drug-likeness (QED) is 0.435. The van der Waals surface area contributed by atoms with Crippen LogP contribution in [0.5, 0.6) is 5.75 Å². The molecule has 2 aromatic carbocycles. The molecule has 0 aliphatic heterocycles. The van der Waals surface area contributed by atoms with E-state index in [1.807, 2.05) is 61.5 Å². The molecule has 0 atom stereocenters. The van der Waals surface area contributed by atoms with Crippen molar-refractivity contribution in [3.05, 3.63) is 65.2 Å². The number of nitrogens with one attached hydrogen (secondary N) is 1. The van der Waals surface area contributed by atoms with E-state index < -0.39 is 0 Å². The lowest BCUT2D eigenvalue weighted by Gasteiger charge is -2.08. The average Bonchev–Trinajstić information content (AvgIpc) is 3.27. The second-order valence-corrected chi connectivity index (χ2v) is 8.45. The largest absolute Gasteiger partial charge is 0.483 e. The summed E-state index contributed by atoms with van der Waals surface area (Å²) in [7, 11) is 0. The molecule has 1 N–H and O–H groups in total. The molecular weight excluding hydrogens is 400 g/mol. The van der Waals surface area contributed by atoms with E-state index in [4.69, 9.17) is 16.3 Å². The number of ether oxygens (including phenoxy) is 1. The Morgan fingerprint density at radius 2 is 2.00 bits per heavy atom. The molecule has 0 fully saturated rings. The average molecular weight is 415 g/mol. The molecule has 0 saturated heterocycles. The first-order chi connectivity index (χ1) is 13.1. The van der Waals surface area contributed by atoms with E-state index in [9.17, 15) is 4.79 Å². The summed E-state index contributed by atoms with van der Waals surface area (Å²) in [5.74, 6) is 0.524. The number of para-hydroxylation sites is 1. The highest BCUT2D eigenvalue weighted by atomic mass is 35.5. The molecule has 0 bridgehead atoms. The fourth-order valence-electron chi connectivity index (χ4n) is 2.56. The lowest BCUT2D eigenvalue weighted by Crippen LogP contribution is -2.19. The number of benzene rings is 2. The van der Waals surface area contributed by atoms with Crippen molar-refractivity contribution in [3.63, 3.8) is 0 Å². The molecule has 136 valence electrons. The van der Waals surface area contributed by atoms with Gasteiger partial charge in [-0.05, 0) is 48.9 Å². The summed E-state index contributed by atoms with van der Waals surface area (Å²) in [5.41, 5.74) is 1.88. The minimum Gasteiger partial charge on any atom is -0.483 e. The van der Waals surface area contributed by atoms with Gasteiger partial charge in [-0.1, -0.05) is 29.8 Å². The maximum absolute atomic E-state index is 12.2. The number of carbonyl (C=O) groups is 1. The van der Waals surface area contributed by atoms with Gasteiger partial charge in [0.2, 0.25) is 0 Å². The zero-order valence-electron chi connectivity index (χ0n) is 14.4. The Balaban J connectivity index is 1.42. The van der Waals surface area contributed by atoms with E-state index in [1.165, 1.54) is 11.3 Å². The Morgan fingerprint density at radius 1 is 1.15 bits per heavy atom. The fraction of sp³-hybridized carbons (Fsp3) is 0.100. The van der Waals surface area contributed by atoms with Crippen molar-refractivity contribution >= 4 is 55.4 Å². The number of carbonyl (C=O) groups excluding carboxylic acids is 1. The van der Waals surface area contributed by atoms with E-state index >= 15 is 0 Å². The predicted molar refractivity (Wildman–Crippen MR) is 113 cm³/mol. The summed E-state index contributed by atoms with van der Waals surface area (Å²) in [6, 6.07) is 17.2. The normalized spacial score (nSPS) is 10.9. The molecule has 4 nitrogen and oxygen atoms in total. The highest BCUT2D eigenvalue weighted by Crippen LogP contribution is 2.37. The van der Waals surface area contributed by atoms with Crippen LogP contribution < -0.4 is 10.1 Å². The van der Waals surface area contributed by atoms with E-state index in [-0.39, 0.29) is 12.5 Å². The van der Waals surface area contributed by atoms with Gasteiger partial charge in [-0.2, -0.15) is 0 Å². The monoisotopic (exact) mass is 414 g/mol. The van der Waals surface area contributed by atoms with Gasteiger partial charge in [-0.3, -0.25) is 4.79 Å². The molecule has 4 aromatic rings. The molecule has 4 rings (SSSR count). The number of aryl methyl sites for hydroxylation is 1. The zero-order chi connectivity index (χ0) is 18.8. The Kier molecular flexibility index (Phi) is 5.11. The number of fused-ring (bicyclic) bond motifs is 1. The Morgan fingerprint density at radius 3 is 2.85 bits per heavy atom. The molecular formula is C20H15ClN2O2S2. The number of hydrogen-bond acceptors (Lipinski definition) is 5. The number of halogens is 1. The van der Waals surface area contributed by atoms with Crippen molar-refractivity contribution in [1.29, 1.82) is 0 Å². The molecule has 0 unspecified atom stereocenters. The van der Waals surface area contributed by atoms with Crippen molar-refractivity contribution in [1.82, 2.24) is 4.98 Å². The topological polar surface area (TPSA) is 51.2 Å². The molecule has 7 heteroatoms. The highest BCUT2D eigenvalue weighted by Gasteiger charge is 2.11. The number of rotatable bonds is 5. The first-order valence-corrected chi connectivity index (χ1v) is 10.2. The van der Waals surface area contributed by atoms with Gasteiger partial charge in [0.25, 0.3) is 5.91 Å². The highest BCUT2D eigenvalue weighted by molar-refractivity contribution is 7.26. The Hall–Kier alpha value is -2.41. The van der Waals surface area contributed by atoms with Crippen LogP contribution in [0.3, 0.4) is 0 Å². The number of anilines is 1.